The third-order valence-corrected chi connectivity index (χ3v) is 3.71. The van der Waals surface area contributed by atoms with Crippen LogP contribution in [-0.2, 0) is 4.79 Å². The lowest BCUT2D eigenvalue weighted by atomic mass is 10.1. The highest BCUT2D eigenvalue weighted by Crippen LogP contribution is 2.17. The van der Waals surface area contributed by atoms with Gasteiger partial charge in [0.1, 0.15) is 11.9 Å². The number of rotatable bonds is 3. The van der Waals surface area contributed by atoms with Gasteiger partial charge in [-0.15, -0.1) is 0 Å². The zero-order valence-electron chi connectivity index (χ0n) is 12.5. The zero-order valence-corrected chi connectivity index (χ0v) is 12.5. The Morgan fingerprint density at radius 2 is 2.00 bits per heavy atom. The van der Waals surface area contributed by atoms with Gasteiger partial charge < -0.3 is 16.4 Å². The Bertz CT molecular complexity index is 712. The van der Waals surface area contributed by atoms with Crippen molar-refractivity contribution in [2.45, 2.75) is 18.9 Å². The lowest BCUT2D eigenvalue weighted by Gasteiger charge is -2.22. The molecule has 2 aromatic rings. The van der Waals surface area contributed by atoms with Gasteiger partial charge >= 0.3 is 0 Å². The number of carbonyl (C=O) groups is 2. The van der Waals surface area contributed by atoms with Crippen LogP contribution in [-0.4, -0.2) is 34.4 Å². The number of hydrogen-bond acceptors (Lipinski definition) is 5. The third kappa shape index (κ3) is 3.45. The molecular weight excluding hydrogens is 294 g/mol. The van der Waals surface area contributed by atoms with Gasteiger partial charge in [-0.3, -0.25) is 14.6 Å². The van der Waals surface area contributed by atoms with E-state index in [4.69, 9.17) is 5.73 Å². The summed E-state index contributed by atoms with van der Waals surface area (Å²) in [6.45, 7) is 0.669. The molecule has 1 atom stereocenters. The van der Waals surface area contributed by atoms with Crippen molar-refractivity contribution in [2.24, 2.45) is 0 Å². The summed E-state index contributed by atoms with van der Waals surface area (Å²) in [7, 11) is 0. The summed E-state index contributed by atoms with van der Waals surface area (Å²) in [4.78, 5) is 32.1. The van der Waals surface area contributed by atoms with Crippen molar-refractivity contribution in [1.29, 1.82) is 0 Å². The van der Waals surface area contributed by atoms with Crippen LogP contribution < -0.4 is 16.4 Å². The van der Waals surface area contributed by atoms with E-state index in [1.54, 1.807) is 30.5 Å². The molecule has 7 nitrogen and oxygen atoms in total. The topological polar surface area (TPSA) is 110 Å². The Kier molecular flexibility index (Phi) is 4.18. The maximum atomic E-state index is 12.2. The zero-order chi connectivity index (χ0) is 16.2. The molecule has 0 radical (unpaired) electrons. The Balaban J connectivity index is 1.70. The van der Waals surface area contributed by atoms with Gasteiger partial charge in [0.25, 0.3) is 5.91 Å². The van der Waals surface area contributed by atoms with E-state index < -0.39 is 6.04 Å². The molecule has 1 aliphatic rings. The second kappa shape index (κ2) is 6.43. The molecule has 1 aliphatic heterocycles. The number of hydrogen-bond donors (Lipinski definition) is 3. The molecule has 0 aliphatic carbocycles. The highest BCUT2D eigenvalue weighted by molar-refractivity contribution is 5.98. The Labute approximate surface area is 133 Å². The molecule has 23 heavy (non-hydrogen) atoms. The second-order valence-electron chi connectivity index (χ2n) is 5.36. The van der Waals surface area contributed by atoms with E-state index in [-0.39, 0.29) is 11.8 Å². The summed E-state index contributed by atoms with van der Waals surface area (Å²) in [5.41, 5.74) is 7.52. The van der Waals surface area contributed by atoms with Crippen LogP contribution in [0.3, 0.4) is 0 Å². The van der Waals surface area contributed by atoms with Crippen molar-refractivity contribution in [3.05, 3.63) is 42.2 Å². The van der Waals surface area contributed by atoms with Gasteiger partial charge in [0.05, 0.1) is 18.1 Å². The molecule has 1 aromatic heterocycles. The fourth-order valence-corrected chi connectivity index (χ4v) is 2.43. The predicted molar refractivity (Wildman–Crippen MR) is 85.4 cm³/mol. The third-order valence-electron chi connectivity index (χ3n) is 3.71. The number of piperidine rings is 1. The lowest BCUT2D eigenvalue weighted by molar-refractivity contribution is -0.124. The molecule has 0 bridgehead atoms. The maximum absolute atomic E-state index is 12.2. The minimum Gasteiger partial charge on any atom is -0.382 e. The number of aromatic nitrogens is 2. The van der Waals surface area contributed by atoms with E-state index in [0.29, 0.717) is 30.0 Å². The molecule has 2 heterocycles. The number of nitrogens with two attached hydrogens (primary N) is 1. The predicted octanol–water partition coefficient (Wildman–Crippen LogP) is 0.734. The van der Waals surface area contributed by atoms with Gasteiger partial charge in [-0.05, 0) is 25.0 Å². The van der Waals surface area contributed by atoms with Crippen LogP contribution in [0.2, 0.25) is 0 Å². The number of amides is 2. The largest absolute Gasteiger partial charge is 0.382 e. The SMILES string of the molecule is Nc1cnc(-c2ccc(C(=O)NC3CCCNC3=O)cc2)cn1. The van der Waals surface area contributed by atoms with E-state index in [0.717, 1.165) is 12.0 Å². The quantitative estimate of drug-likeness (QED) is 0.774. The van der Waals surface area contributed by atoms with Crippen LogP contribution in [0.4, 0.5) is 5.82 Å². The molecule has 1 aromatic carbocycles. The van der Waals surface area contributed by atoms with Crippen LogP contribution in [0.5, 0.6) is 0 Å². The smallest absolute Gasteiger partial charge is 0.251 e. The van der Waals surface area contributed by atoms with Crippen LogP contribution in [0.25, 0.3) is 11.3 Å². The monoisotopic (exact) mass is 311 g/mol. The Morgan fingerprint density at radius 1 is 1.22 bits per heavy atom. The average molecular weight is 311 g/mol. The molecule has 4 N–H and O–H groups in total. The number of benzene rings is 1. The van der Waals surface area contributed by atoms with Crippen molar-refractivity contribution in [2.75, 3.05) is 12.3 Å². The van der Waals surface area contributed by atoms with Gasteiger partial charge in [-0.25, -0.2) is 4.98 Å². The molecular formula is C16H17N5O2. The van der Waals surface area contributed by atoms with Crippen molar-refractivity contribution in [3.8, 4) is 11.3 Å². The van der Waals surface area contributed by atoms with Crippen molar-refractivity contribution in [1.82, 2.24) is 20.6 Å². The van der Waals surface area contributed by atoms with E-state index >= 15 is 0 Å². The average Bonchev–Trinajstić information content (AvgIpc) is 2.58. The van der Waals surface area contributed by atoms with Crippen molar-refractivity contribution >= 4 is 17.6 Å². The first-order valence-corrected chi connectivity index (χ1v) is 7.40. The highest BCUT2D eigenvalue weighted by atomic mass is 16.2. The molecule has 1 unspecified atom stereocenters. The highest BCUT2D eigenvalue weighted by Gasteiger charge is 2.23. The fraction of sp³-hybridized carbons (Fsp3) is 0.250. The first-order chi connectivity index (χ1) is 11.1. The summed E-state index contributed by atoms with van der Waals surface area (Å²) in [5, 5.41) is 5.50. The van der Waals surface area contributed by atoms with Crippen molar-refractivity contribution < 1.29 is 9.59 Å². The van der Waals surface area contributed by atoms with Crippen LogP contribution in [0.1, 0.15) is 23.2 Å². The summed E-state index contributed by atoms with van der Waals surface area (Å²) in [6.07, 6.45) is 4.59. The van der Waals surface area contributed by atoms with Gasteiger partial charge in [-0.1, -0.05) is 12.1 Å². The van der Waals surface area contributed by atoms with E-state index in [1.807, 2.05) is 0 Å². The Hall–Kier alpha value is -2.96. The van der Waals surface area contributed by atoms with Crippen LogP contribution in [0.15, 0.2) is 36.7 Å². The maximum Gasteiger partial charge on any atom is 0.251 e. The Morgan fingerprint density at radius 3 is 2.65 bits per heavy atom. The summed E-state index contributed by atoms with van der Waals surface area (Å²) in [5.74, 6) is -0.0316. The summed E-state index contributed by atoms with van der Waals surface area (Å²) < 4.78 is 0. The molecule has 118 valence electrons. The standard InChI is InChI=1S/C16H17N5O2/c17-14-9-19-13(8-20-14)10-3-5-11(6-4-10)15(22)21-12-2-1-7-18-16(12)23/h3-6,8-9,12H,1-2,7H2,(H2,17,20)(H,18,23)(H,21,22). The minimum absolute atomic E-state index is 0.127. The van der Waals surface area contributed by atoms with Gasteiger partial charge in [0.15, 0.2) is 0 Å². The number of carbonyl (C=O) groups excluding carboxylic acids is 2. The van der Waals surface area contributed by atoms with Crippen LogP contribution >= 0.6 is 0 Å². The number of nitrogen functional groups attached to an aromatic ring is 1. The normalized spacial score (nSPS) is 17.4. The molecule has 1 fully saturated rings. The van der Waals surface area contributed by atoms with E-state index in [9.17, 15) is 9.59 Å². The number of nitrogens with one attached hydrogen (secondary N) is 2. The molecule has 3 rings (SSSR count). The van der Waals surface area contributed by atoms with Crippen molar-refractivity contribution in [3.63, 3.8) is 0 Å². The van der Waals surface area contributed by atoms with E-state index in [2.05, 4.69) is 20.6 Å². The number of nitrogens with zero attached hydrogens (tertiary/aromatic N) is 2. The molecule has 1 saturated heterocycles. The fourth-order valence-electron chi connectivity index (χ4n) is 2.43. The summed E-state index contributed by atoms with van der Waals surface area (Å²) >= 11 is 0. The van der Waals surface area contributed by atoms with Gasteiger partial charge in [0.2, 0.25) is 5.91 Å². The molecule has 0 spiro atoms. The van der Waals surface area contributed by atoms with Gasteiger partial charge in [-0.2, -0.15) is 0 Å². The second-order valence-corrected chi connectivity index (χ2v) is 5.36. The molecule has 0 saturated carbocycles. The first-order valence-electron chi connectivity index (χ1n) is 7.40. The first kappa shape index (κ1) is 15.0. The molecule has 2 amide bonds. The van der Waals surface area contributed by atoms with Gasteiger partial charge in [0, 0.05) is 17.7 Å². The number of anilines is 1. The van der Waals surface area contributed by atoms with E-state index in [1.165, 1.54) is 6.20 Å². The summed E-state index contributed by atoms with van der Waals surface area (Å²) in [6, 6.07) is 6.51. The lowest BCUT2D eigenvalue weighted by Crippen LogP contribution is -2.50. The minimum atomic E-state index is -0.459. The van der Waals surface area contributed by atoms with Crippen LogP contribution in [0, 0.1) is 0 Å². The molecule has 7 heteroatoms.